The number of anilines is 3. The van der Waals surface area contributed by atoms with Gasteiger partial charge in [0.05, 0.1) is 11.1 Å². The topological polar surface area (TPSA) is 118 Å². The lowest BCUT2D eigenvalue weighted by Gasteiger charge is -2.21. The number of rotatable bonds is 11. The molecule has 0 aliphatic carbocycles. The zero-order valence-electron chi connectivity index (χ0n) is 22.1. The molecule has 2 aliphatic rings. The molecule has 11 nitrogen and oxygen atoms in total. The van der Waals surface area contributed by atoms with Gasteiger partial charge in [-0.25, -0.2) is 0 Å². The molecule has 5 rings (SSSR count). The quantitative estimate of drug-likeness (QED) is 0.161. The summed E-state index contributed by atoms with van der Waals surface area (Å²) in [6.45, 7) is 6.40. The van der Waals surface area contributed by atoms with Crippen LogP contribution < -0.4 is 24.7 Å². The number of nitrogens with one attached hydrogen (secondary N) is 1. The van der Waals surface area contributed by atoms with Crippen LogP contribution in [0.15, 0.2) is 53.6 Å². The van der Waals surface area contributed by atoms with Gasteiger partial charge in [-0.3, -0.25) is 15.5 Å². The molecule has 0 saturated carbocycles. The molecule has 1 N–H and O–H groups in total. The molecule has 2 aliphatic heterocycles. The number of hydrazone groups is 1. The molecular formula is C28H33N7O4. The second-order valence-corrected chi connectivity index (χ2v) is 9.61. The number of para-hydroxylation sites is 1. The summed E-state index contributed by atoms with van der Waals surface area (Å²) < 4.78 is 11.7. The maximum atomic E-state index is 11.4. The van der Waals surface area contributed by atoms with Gasteiger partial charge < -0.3 is 19.3 Å². The minimum absolute atomic E-state index is 0.0466. The summed E-state index contributed by atoms with van der Waals surface area (Å²) in [6.07, 6.45) is 6.07. The summed E-state index contributed by atoms with van der Waals surface area (Å²) in [5, 5.41) is 15.8. The molecule has 0 radical (unpaired) electrons. The molecule has 0 bridgehead atoms. The molecule has 204 valence electrons. The first-order valence-corrected chi connectivity index (χ1v) is 13.3. The maximum absolute atomic E-state index is 11.4. The van der Waals surface area contributed by atoms with Crippen LogP contribution in [0.25, 0.3) is 0 Å². The number of nitro benzene ring substituents is 1. The van der Waals surface area contributed by atoms with E-state index in [1.54, 1.807) is 6.07 Å². The molecule has 2 fully saturated rings. The summed E-state index contributed by atoms with van der Waals surface area (Å²) in [4.78, 5) is 24.9. The number of hydrogen-bond acceptors (Lipinski definition) is 10. The van der Waals surface area contributed by atoms with Crippen molar-refractivity contribution < 1.29 is 14.4 Å². The van der Waals surface area contributed by atoms with Gasteiger partial charge in [-0.2, -0.15) is 15.1 Å². The van der Waals surface area contributed by atoms with Crippen molar-refractivity contribution in [2.75, 3.05) is 54.6 Å². The van der Waals surface area contributed by atoms with E-state index in [-0.39, 0.29) is 12.3 Å². The fraction of sp³-hybridized carbons (Fsp3) is 0.393. The third-order valence-corrected chi connectivity index (χ3v) is 6.80. The summed E-state index contributed by atoms with van der Waals surface area (Å²) >= 11 is 0. The van der Waals surface area contributed by atoms with Crippen LogP contribution in [-0.4, -0.2) is 60.5 Å². The summed E-state index contributed by atoms with van der Waals surface area (Å²) in [7, 11) is 0. The van der Waals surface area contributed by atoms with Gasteiger partial charge in [-0.15, -0.1) is 0 Å². The van der Waals surface area contributed by atoms with Gasteiger partial charge in [0.1, 0.15) is 30.5 Å². The minimum Gasteiger partial charge on any atom is -0.490 e. The van der Waals surface area contributed by atoms with Gasteiger partial charge in [0.2, 0.25) is 5.95 Å². The van der Waals surface area contributed by atoms with Crippen molar-refractivity contribution in [3.63, 3.8) is 0 Å². The predicted molar refractivity (Wildman–Crippen MR) is 151 cm³/mol. The number of nitrogens with zero attached hydrogens (tertiary/aromatic N) is 6. The molecule has 0 unspecified atom stereocenters. The Morgan fingerprint density at radius 2 is 1.64 bits per heavy atom. The van der Waals surface area contributed by atoms with Crippen LogP contribution in [-0.2, 0) is 0 Å². The Labute approximate surface area is 227 Å². The normalized spacial score (nSPS) is 15.2. The number of benzene rings is 2. The SMILES string of the molecule is Cc1ccccc1OCCOc1ccc([N+](=O)[O-])cc1C=NNc1cc(N2CCCC2)nc(N2CCCC2)n1. The lowest BCUT2D eigenvalue weighted by atomic mass is 10.2. The van der Waals surface area contributed by atoms with E-state index in [1.165, 1.54) is 18.3 Å². The molecule has 39 heavy (non-hydrogen) atoms. The fourth-order valence-corrected chi connectivity index (χ4v) is 4.72. The van der Waals surface area contributed by atoms with E-state index >= 15 is 0 Å². The van der Waals surface area contributed by atoms with Crippen molar-refractivity contribution in [1.29, 1.82) is 0 Å². The van der Waals surface area contributed by atoms with Crippen molar-refractivity contribution in [2.45, 2.75) is 32.6 Å². The Hall–Kier alpha value is -4.41. The molecule has 0 atom stereocenters. The van der Waals surface area contributed by atoms with Gasteiger partial charge in [0.25, 0.3) is 5.69 Å². The number of aryl methyl sites for hydroxylation is 1. The zero-order chi connectivity index (χ0) is 27.0. The van der Waals surface area contributed by atoms with Crippen LogP contribution in [0.4, 0.5) is 23.3 Å². The smallest absolute Gasteiger partial charge is 0.270 e. The monoisotopic (exact) mass is 531 g/mol. The molecule has 1 aromatic heterocycles. The first-order chi connectivity index (χ1) is 19.1. The van der Waals surface area contributed by atoms with Gasteiger partial charge in [-0.05, 0) is 50.3 Å². The Balaban J connectivity index is 1.30. The largest absolute Gasteiger partial charge is 0.490 e. The zero-order valence-corrected chi connectivity index (χ0v) is 22.1. The van der Waals surface area contributed by atoms with Crippen LogP contribution in [0, 0.1) is 17.0 Å². The lowest BCUT2D eigenvalue weighted by molar-refractivity contribution is -0.384. The van der Waals surface area contributed by atoms with E-state index in [1.807, 2.05) is 37.3 Å². The second kappa shape index (κ2) is 12.4. The third kappa shape index (κ3) is 6.73. The summed E-state index contributed by atoms with van der Waals surface area (Å²) in [5.74, 6) is 3.42. The number of ether oxygens (including phenoxy) is 2. The molecule has 3 aromatic rings. The molecule has 2 aromatic carbocycles. The molecule has 2 saturated heterocycles. The first-order valence-electron chi connectivity index (χ1n) is 13.3. The molecule has 0 amide bonds. The van der Waals surface area contributed by atoms with Crippen LogP contribution in [0.5, 0.6) is 11.5 Å². The van der Waals surface area contributed by atoms with E-state index < -0.39 is 4.92 Å². The highest BCUT2D eigenvalue weighted by molar-refractivity contribution is 5.85. The second-order valence-electron chi connectivity index (χ2n) is 9.61. The Morgan fingerprint density at radius 1 is 0.949 bits per heavy atom. The van der Waals surface area contributed by atoms with Crippen molar-refractivity contribution in [1.82, 2.24) is 9.97 Å². The minimum atomic E-state index is -0.440. The lowest BCUT2D eigenvalue weighted by Crippen LogP contribution is -2.24. The average Bonchev–Trinajstić information content (AvgIpc) is 3.68. The molecular weight excluding hydrogens is 498 g/mol. The number of non-ortho nitro benzene ring substituents is 1. The van der Waals surface area contributed by atoms with E-state index in [0.717, 1.165) is 69.0 Å². The van der Waals surface area contributed by atoms with E-state index in [4.69, 9.17) is 19.4 Å². The highest BCUT2D eigenvalue weighted by Gasteiger charge is 2.20. The van der Waals surface area contributed by atoms with Crippen LogP contribution >= 0.6 is 0 Å². The highest BCUT2D eigenvalue weighted by atomic mass is 16.6. The Kier molecular flexibility index (Phi) is 8.35. The fourth-order valence-electron chi connectivity index (χ4n) is 4.72. The van der Waals surface area contributed by atoms with Gasteiger partial charge in [-0.1, -0.05) is 18.2 Å². The standard InChI is InChI=1S/C28H33N7O4/c1-21-8-2-3-9-24(21)38-16-17-39-25-11-10-23(35(36)37)18-22(25)20-29-32-26-19-27(33-12-4-5-13-33)31-28(30-26)34-14-6-7-15-34/h2-3,8-11,18-20H,4-7,12-17H2,1H3,(H,30,31,32). The van der Waals surface area contributed by atoms with Crippen LogP contribution in [0.2, 0.25) is 0 Å². The van der Waals surface area contributed by atoms with Crippen molar-refractivity contribution >= 4 is 29.5 Å². The van der Waals surface area contributed by atoms with Gasteiger partial charge in [0.15, 0.2) is 5.82 Å². The number of hydrogen-bond donors (Lipinski definition) is 1. The van der Waals surface area contributed by atoms with E-state index in [0.29, 0.717) is 29.7 Å². The number of aromatic nitrogens is 2. The molecule has 3 heterocycles. The van der Waals surface area contributed by atoms with Crippen molar-refractivity contribution in [2.24, 2.45) is 5.10 Å². The summed E-state index contributed by atoms with van der Waals surface area (Å²) in [6, 6.07) is 14.1. The van der Waals surface area contributed by atoms with Gasteiger partial charge >= 0.3 is 0 Å². The number of nitro groups is 1. The maximum Gasteiger partial charge on any atom is 0.270 e. The third-order valence-electron chi connectivity index (χ3n) is 6.80. The van der Waals surface area contributed by atoms with Crippen LogP contribution in [0.3, 0.4) is 0 Å². The highest BCUT2D eigenvalue weighted by Crippen LogP contribution is 2.26. The first kappa shape index (κ1) is 26.2. The van der Waals surface area contributed by atoms with Crippen molar-refractivity contribution in [3.05, 3.63) is 69.8 Å². The van der Waals surface area contributed by atoms with E-state index in [2.05, 4.69) is 20.3 Å². The molecule has 0 spiro atoms. The summed E-state index contributed by atoms with van der Waals surface area (Å²) in [5.41, 5.74) is 4.47. The predicted octanol–water partition coefficient (Wildman–Crippen LogP) is 4.80. The van der Waals surface area contributed by atoms with Crippen molar-refractivity contribution in [3.8, 4) is 11.5 Å². The Morgan fingerprint density at radius 3 is 2.36 bits per heavy atom. The van der Waals surface area contributed by atoms with E-state index in [9.17, 15) is 10.1 Å². The van der Waals surface area contributed by atoms with Crippen LogP contribution in [0.1, 0.15) is 36.8 Å². The molecule has 11 heteroatoms. The average molecular weight is 532 g/mol. The van der Waals surface area contributed by atoms with Gasteiger partial charge in [0, 0.05) is 49.9 Å². The Bertz CT molecular complexity index is 1290.